The molecule has 0 amide bonds. The Morgan fingerprint density at radius 1 is 1.45 bits per heavy atom. The largest absolute Gasteiger partial charge is 0.466 e. The zero-order valence-electron chi connectivity index (χ0n) is 11.8. The van der Waals surface area contributed by atoms with Crippen LogP contribution in [0.2, 0.25) is 0 Å². The second kappa shape index (κ2) is 6.84. The Bertz CT molecular complexity index is 434. The SMILES string of the molecule is CCOC(=O)C1CCCN(S(=O)(=O)N[C@@H]2CCNC2)C1. The number of piperidine rings is 1. The molecule has 0 aliphatic carbocycles. The molecule has 2 rings (SSSR count). The second-order valence-corrected chi connectivity index (χ2v) is 6.96. The smallest absolute Gasteiger partial charge is 0.310 e. The van der Waals surface area contributed by atoms with Crippen LogP contribution < -0.4 is 10.0 Å². The van der Waals surface area contributed by atoms with Gasteiger partial charge in [-0.3, -0.25) is 4.79 Å². The second-order valence-electron chi connectivity index (χ2n) is 5.26. The fraction of sp³-hybridized carbons (Fsp3) is 0.917. The molecule has 2 fully saturated rings. The first-order valence-corrected chi connectivity index (χ1v) is 8.61. The van der Waals surface area contributed by atoms with Gasteiger partial charge in [-0.1, -0.05) is 0 Å². The molecule has 7 nitrogen and oxygen atoms in total. The monoisotopic (exact) mass is 305 g/mol. The normalized spacial score (nSPS) is 28.4. The molecule has 116 valence electrons. The quantitative estimate of drug-likeness (QED) is 0.666. The summed E-state index contributed by atoms with van der Waals surface area (Å²) in [5.74, 6) is -0.642. The number of rotatable bonds is 5. The molecule has 0 aromatic rings. The molecule has 20 heavy (non-hydrogen) atoms. The summed E-state index contributed by atoms with van der Waals surface area (Å²) < 4.78 is 33.7. The van der Waals surface area contributed by atoms with Gasteiger partial charge < -0.3 is 10.1 Å². The van der Waals surface area contributed by atoms with Gasteiger partial charge in [-0.2, -0.15) is 17.4 Å². The lowest BCUT2D eigenvalue weighted by molar-refractivity contribution is -0.149. The van der Waals surface area contributed by atoms with E-state index in [-0.39, 0.29) is 24.5 Å². The van der Waals surface area contributed by atoms with Crippen molar-refractivity contribution in [2.24, 2.45) is 5.92 Å². The number of ether oxygens (including phenoxy) is 1. The van der Waals surface area contributed by atoms with Crippen LogP contribution in [0.15, 0.2) is 0 Å². The van der Waals surface area contributed by atoms with Crippen molar-refractivity contribution in [1.82, 2.24) is 14.3 Å². The van der Waals surface area contributed by atoms with Gasteiger partial charge in [0.15, 0.2) is 0 Å². The van der Waals surface area contributed by atoms with Gasteiger partial charge in [0.2, 0.25) is 0 Å². The number of carbonyl (C=O) groups is 1. The Morgan fingerprint density at radius 2 is 2.25 bits per heavy atom. The summed E-state index contributed by atoms with van der Waals surface area (Å²) in [6, 6.07) is -0.0528. The van der Waals surface area contributed by atoms with Crippen LogP contribution in [0.3, 0.4) is 0 Å². The fourth-order valence-electron chi connectivity index (χ4n) is 2.65. The van der Waals surface area contributed by atoms with Crippen molar-refractivity contribution in [3.63, 3.8) is 0 Å². The van der Waals surface area contributed by atoms with E-state index >= 15 is 0 Å². The van der Waals surface area contributed by atoms with Gasteiger partial charge in [0.05, 0.1) is 12.5 Å². The standard InChI is InChI=1S/C12H23N3O4S/c1-2-19-12(16)10-4-3-7-15(9-10)20(17,18)14-11-5-6-13-8-11/h10-11,13-14H,2-9H2,1H3/t10?,11-/m1/s1. The molecule has 2 N–H and O–H groups in total. The summed E-state index contributed by atoms with van der Waals surface area (Å²) in [6.45, 7) is 4.25. The Morgan fingerprint density at radius 3 is 2.90 bits per heavy atom. The number of carbonyl (C=O) groups excluding carboxylic acids is 1. The van der Waals surface area contributed by atoms with Crippen molar-refractivity contribution in [3.05, 3.63) is 0 Å². The average Bonchev–Trinajstić information content (AvgIpc) is 2.91. The van der Waals surface area contributed by atoms with Gasteiger partial charge in [-0.15, -0.1) is 0 Å². The maximum atomic E-state index is 12.3. The maximum absolute atomic E-state index is 12.3. The lowest BCUT2D eigenvalue weighted by Gasteiger charge is -2.31. The topological polar surface area (TPSA) is 87.7 Å². The first-order chi connectivity index (χ1) is 9.53. The van der Waals surface area contributed by atoms with E-state index in [0.29, 0.717) is 32.5 Å². The average molecular weight is 305 g/mol. The minimum absolute atomic E-state index is 0.0528. The molecule has 0 bridgehead atoms. The highest BCUT2D eigenvalue weighted by molar-refractivity contribution is 7.87. The Kier molecular flexibility index (Phi) is 5.36. The number of nitrogens with one attached hydrogen (secondary N) is 2. The molecule has 2 aliphatic heterocycles. The van der Waals surface area contributed by atoms with E-state index in [1.165, 1.54) is 4.31 Å². The molecule has 1 unspecified atom stereocenters. The predicted octanol–water partition coefficient (Wildman–Crippen LogP) is -0.542. The third kappa shape index (κ3) is 3.91. The van der Waals surface area contributed by atoms with Crippen LogP contribution in [0.4, 0.5) is 0 Å². The molecular weight excluding hydrogens is 282 g/mol. The van der Waals surface area contributed by atoms with Crippen LogP contribution in [0.5, 0.6) is 0 Å². The van der Waals surface area contributed by atoms with E-state index in [1.807, 2.05) is 0 Å². The summed E-state index contributed by atoms with van der Waals surface area (Å²) in [6.07, 6.45) is 2.18. The summed E-state index contributed by atoms with van der Waals surface area (Å²) in [4.78, 5) is 11.7. The number of hydrogen-bond acceptors (Lipinski definition) is 5. The molecule has 0 spiro atoms. The summed E-state index contributed by atoms with van der Waals surface area (Å²) in [7, 11) is -3.51. The predicted molar refractivity (Wildman–Crippen MR) is 74.3 cm³/mol. The zero-order valence-corrected chi connectivity index (χ0v) is 12.6. The molecule has 2 atom stereocenters. The lowest BCUT2D eigenvalue weighted by Crippen LogP contribution is -2.50. The van der Waals surface area contributed by atoms with E-state index in [9.17, 15) is 13.2 Å². The number of esters is 1. The fourth-order valence-corrected chi connectivity index (χ4v) is 4.17. The van der Waals surface area contributed by atoms with Crippen LogP contribution in [0, 0.1) is 5.92 Å². The van der Waals surface area contributed by atoms with Crippen molar-refractivity contribution in [1.29, 1.82) is 0 Å². The van der Waals surface area contributed by atoms with Gasteiger partial charge in [-0.05, 0) is 32.7 Å². The van der Waals surface area contributed by atoms with Crippen LogP contribution in [-0.2, 0) is 19.7 Å². The summed E-state index contributed by atoms with van der Waals surface area (Å²) >= 11 is 0. The number of nitrogens with zero attached hydrogens (tertiary/aromatic N) is 1. The zero-order chi connectivity index (χ0) is 14.6. The molecule has 0 aromatic carbocycles. The highest BCUT2D eigenvalue weighted by Crippen LogP contribution is 2.20. The molecule has 2 saturated heterocycles. The molecule has 2 heterocycles. The van der Waals surface area contributed by atoms with Crippen LogP contribution in [0.1, 0.15) is 26.2 Å². The Balaban J connectivity index is 1.94. The minimum Gasteiger partial charge on any atom is -0.466 e. The van der Waals surface area contributed by atoms with Crippen molar-refractivity contribution in [2.45, 2.75) is 32.2 Å². The highest BCUT2D eigenvalue weighted by atomic mass is 32.2. The van der Waals surface area contributed by atoms with Gasteiger partial charge in [0.25, 0.3) is 10.2 Å². The third-order valence-electron chi connectivity index (χ3n) is 3.72. The summed E-state index contributed by atoms with van der Waals surface area (Å²) in [5, 5.41) is 3.12. The lowest BCUT2D eigenvalue weighted by atomic mass is 10.0. The Labute approximate surface area is 120 Å². The van der Waals surface area contributed by atoms with Crippen LogP contribution in [-0.4, -0.2) is 57.5 Å². The Hall–Kier alpha value is -0.700. The van der Waals surface area contributed by atoms with Gasteiger partial charge in [-0.25, -0.2) is 0 Å². The van der Waals surface area contributed by atoms with Gasteiger partial charge in [0, 0.05) is 25.7 Å². The minimum atomic E-state index is -3.51. The van der Waals surface area contributed by atoms with E-state index in [2.05, 4.69) is 10.0 Å². The molecule has 0 radical (unpaired) electrons. The van der Waals surface area contributed by atoms with Gasteiger partial charge >= 0.3 is 5.97 Å². The third-order valence-corrected chi connectivity index (χ3v) is 5.36. The van der Waals surface area contributed by atoms with E-state index in [1.54, 1.807) is 6.92 Å². The number of hydrogen-bond donors (Lipinski definition) is 2. The summed E-state index contributed by atoms with van der Waals surface area (Å²) in [5.41, 5.74) is 0. The highest BCUT2D eigenvalue weighted by Gasteiger charge is 2.34. The molecule has 0 aromatic heterocycles. The van der Waals surface area contributed by atoms with Crippen molar-refractivity contribution in [3.8, 4) is 0 Å². The van der Waals surface area contributed by atoms with E-state index in [4.69, 9.17) is 4.74 Å². The van der Waals surface area contributed by atoms with Crippen molar-refractivity contribution in [2.75, 3.05) is 32.8 Å². The first-order valence-electron chi connectivity index (χ1n) is 7.17. The van der Waals surface area contributed by atoms with E-state index in [0.717, 1.165) is 13.0 Å². The van der Waals surface area contributed by atoms with Crippen molar-refractivity contribution < 1.29 is 17.9 Å². The molecular formula is C12H23N3O4S. The van der Waals surface area contributed by atoms with Gasteiger partial charge in [0.1, 0.15) is 0 Å². The van der Waals surface area contributed by atoms with Crippen LogP contribution >= 0.6 is 0 Å². The molecule has 2 aliphatic rings. The maximum Gasteiger partial charge on any atom is 0.310 e. The van der Waals surface area contributed by atoms with E-state index < -0.39 is 10.2 Å². The molecule has 0 saturated carbocycles. The van der Waals surface area contributed by atoms with Crippen LogP contribution in [0.25, 0.3) is 0 Å². The molecule has 8 heteroatoms. The first kappa shape index (κ1) is 15.7. The van der Waals surface area contributed by atoms with Crippen molar-refractivity contribution >= 4 is 16.2 Å².